The molecule has 0 aliphatic rings. The van der Waals surface area contributed by atoms with Gasteiger partial charge < -0.3 is 5.43 Å². The smallest absolute Gasteiger partial charge is 0.138 e. The number of aromatic nitrogens is 3. The zero-order chi connectivity index (χ0) is 10.7. The zero-order valence-electron chi connectivity index (χ0n) is 7.75. The summed E-state index contributed by atoms with van der Waals surface area (Å²) in [5.74, 6) is 5.25. The Morgan fingerprint density at radius 2 is 2.33 bits per heavy atom. The Labute approximate surface area is 85.9 Å². The summed E-state index contributed by atoms with van der Waals surface area (Å²) in [5, 5.41) is 12.9. The van der Waals surface area contributed by atoms with Gasteiger partial charge in [0.05, 0.1) is 11.3 Å². The van der Waals surface area contributed by atoms with Crippen LogP contribution in [-0.2, 0) is 0 Å². The highest BCUT2D eigenvalue weighted by Gasteiger charge is 2.05. The molecule has 3 N–H and O–H groups in total. The van der Waals surface area contributed by atoms with E-state index in [4.69, 9.17) is 11.1 Å². The fraction of sp³-hybridized carbons (Fsp3) is 0. The average Bonchev–Trinajstić information content (AvgIpc) is 2.81. The van der Waals surface area contributed by atoms with E-state index in [1.54, 1.807) is 18.2 Å². The lowest BCUT2D eigenvalue weighted by Gasteiger charge is -2.05. The number of nitrogens with one attached hydrogen (secondary N) is 1. The topological polar surface area (TPSA) is 92.6 Å². The van der Waals surface area contributed by atoms with E-state index in [0.29, 0.717) is 16.9 Å². The molecule has 0 radical (unpaired) electrons. The van der Waals surface area contributed by atoms with Gasteiger partial charge in [0.25, 0.3) is 0 Å². The highest BCUT2D eigenvalue weighted by atomic mass is 15.3. The van der Waals surface area contributed by atoms with Crippen molar-refractivity contribution in [1.82, 2.24) is 14.8 Å². The van der Waals surface area contributed by atoms with Crippen LogP contribution < -0.4 is 11.3 Å². The zero-order valence-corrected chi connectivity index (χ0v) is 7.75. The van der Waals surface area contributed by atoms with Gasteiger partial charge in [0, 0.05) is 5.69 Å². The standard InChI is InChI=1S/C9H8N6/c10-4-7-3-8(14-11)1-2-9(7)15-6-12-5-13-15/h1-3,5-6,14H,11H2. The second kappa shape index (κ2) is 3.77. The lowest BCUT2D eigenvalue weighted by molar-refractivity contribution is 0.876. The lowest BCUT2D eigenvalue weighted by Crippen LogP contribution is -2.07. The molecule has 0 fully saturated rings. The van der Waals surface area contributed by atoms with E-state index < -0.39 is 0 Å². The van der Waals surface area contributed by atoms with Crippen LogP contribution in [0.4, 0.5) is 5.69 Å². The summed E-state index contributed by atoms with van der Waals surface area (Å²) in [4.78, 5) is 3.82. The Bertz CT molecular complexity index is 496. The van der Waals surface area contributed by atoms with E-state index in [1.807, 2.05) is 0 Å². The number of nitrogen functional groups attached to an aromatic ring is 1. The van der Waals surface area contributed by atoms with Gasteiger partial charge in [-0.05, 0) is 18.2 Å². The molecule has 0 amide bonds. The lowest BCUT2D eigenvalue weighted by atomic mass is 10.2. The predicted molar refractivity (Wildman–Crippen MR) is 53.9 cm³/mol. The van der Waals surface area contributed by atoms with Gasteiger partial charge in [0.1, 0.15) is 18.7 Å². The molecule has 1 heterocycles. The number of nitrogens with two attached hydrogens (primary N) is 1. The van der Waals surface area contributed by atoms with Crippen LogP contribution in [0.2, 0.25) is 0 Å². The third-order valence-corrected chi connectivity index (χ3v) is 1.95. The minimum absolute atomic E-state index is 0.482. The van der Waals surface area contributed by atoms with Gasteiger partial charge in [-0.2, -0.15) is 10.4 Å². The Morgan fingerprint density at radius 3 is 2.93 bits per heavy atom. The van der Waals surface area contributed by atoms with Gasteiger partial charge in [-0.1, -0.05) is 0 Å². The van der Waals surface area contributed by atoms with Crippen LogP contribution in [0.1, 0.15) is 5.56 Å². The van der Waals surface area contributed by atoms with Crippen molar-refractivity contribution in [2.24, 2.45) is 5.84 Å². The second-order valence-corrected chi connectivity index (χ2v) is 2.83. The molecule has 74 valence electrons. The number of hydrazine groups is 1. The largest absolute Gasteiger partial charge is 0.324 e. The quantitative estimate of drug-likeness (QED) is 0.541. The van der Waals surface area contributed by atoms with Gasteiger partial charge in [-0.25, -0.2) is 9.67 Å². The average molecular weight is 200 g/mol. The van der Waals surface area contributed by atoms with Crippen molar-refractivity contribution in [2.45, 2.75) is 0 Å². The van der Waals surface area contributed by atoms with Crippen molar-refractivity contribution < 1.29 is 0 Å². The van der Waals surface area contributed by atoms with Crippen LogP contribution in [0.15, 0.2) is 30.9 Å². The van der Waals surface area contributed by atoms with Gasteiger partial charge in [-0.3, -0.25) is 5.84 Å². The highest BCUT2D eigenvalue weighted by molar-refractivity contribution is 5.57. The molecule has 15 heavy (non-hydrogen) atoms. The number of rotatable bonds is 2. The molecule has 0 saturated heterocycles. The highest BCUT2D eigenvalue weighted by Crippen LogP contribution is 2.17. The van der Waals surface area contributed by atoms with E-state index in [0.717, 1.165) is 0 Å². The Balaban J connectivity index is 2.54. The molecular weight excluding hydrogens is 192 g/mol. The van der Waals surface area contributed by atoms with Crippen LogP contribution in [0.3, 0.4) is 0 Å². The molecule has 0 bridgehead atoms. The van der Waals surface area contributed by atoms with Crippen molar-refractivity contribution in [3.8, 4) is 11.8 Å². The fourth-order valence-corrected chi connectivity index (χ4v) is 1.25. The van der Waals surface area contributed by atoms with Crippen LogP contribution >= 0.6 is 0 Å². The normalized spacial score (nSPS) is 9.60. The SMILES string of the molecule is N#Cc1cc(NN)ccc1-n1cncn1. The molecule has 2 rings (SSSR count). The molecule has 0 aliphatic carbocycles. The van der Waals surface area contributed by atoms with Crippen molar-refractivity contribution in [3.63, 3.8) is 0 Å². The maximum atomic E-state index is 8.96. The van der Waals surface area contributed by atoms with Crippen LogP contribution in [0.5, 0.6) is 0 Å². The maximum Gasteiger partial charge on any atom is 0.138 e. The number of hydrogen-bond acceptors (Lipinski definition) is 5. The summed E-state index contributed by atoms with van der Waals surface area (Å²) in [5.41, 5.74) is 4.31. The number of nitrogens with zero attached hydrogens (tertiary/aromatic N) is 4. The van der Waals surface area contributed by atoms with E-state index in [-0.39, 0.29) is 0 Å². The third kappa shape index (κ3) is 1.63. The molecule has 0 saturated carbocycles. The number of anilines is 1. The monoisotopic (exact) mass is 200 g/mol. The van der Waals surface area contributed by atoms with Crippen LogP contribution in [-0.4, -0.2) is 14.8 Å². The van der Waals surface area contributed by atoms with Crippen LogP contribution in [0.25, 0.3) is 5.69 Å². The van der Waals surface area contributed by atoms with Gasteiger partial charge in [-0.15, -0.1) is 0 Å². The molecule has 1 aromatic carbocycles. The molecule has 0 unspecified atom stereocenters. The van der Waals surface area contributed by atoms with Crippen molar-refractivity contribution >= 4 is 5.69 Å². The van der Waals surface area contributed by atoms with Gasteiger partial charge in [0.2, 0.25) is 0 Å². The van der Waals surface area contributed by atoms with Crippen molar-refractivity contribution in [1.29, 1.82) is 5.26 Å². The summed E-state index contributed by atoms with van der Waals surface area (Å²) in [6.07, 6.45) is 2.95. The van der Waals surface area contributed by atoms with Gasteiger partial charge in [0.15, 0.2) is 0 Å². The van der Waals surface area contributed by atoms with Crippen molar-refractivity contribution in [2.75, 3.05) is 5.43 Å². The summed E-state index contributed by atoms with van der Waals surface area (Å²) >= 11 is 0. The Morgan fingerprint density at radius 1 is 1.47 bits per heavy atom. The summed E-state index contributed by atoms with van der Waals surface area (Å²) in [6, 6.07) is 7.24. The Kier molecular flexibility index (Phi) is 2.31. The summed E-state index contributed by atoms with van der Waals surface area (Å²) in [7, 11) is 0. The van der Waals surface area contributed by atoms with E-state index in [9.17, 15) is 0 Å². The number of hydrogen-bond donors (Lipinski definition) is 2. The third-order valence-electron chi connectivity index (χ3n) is 1.95. The minimum Gasteiger partial charge on any atom is -0.324 e. The molecule has 1 aromatic heterocycles. The molecule has 0 aliphatic heterocycles. The first kappa shape index (κ1) is 9.18. The fourth-order valence-electron chi connectivity index (χ4n) is 1.25. The molecule has 0 spiro atoms. The van der Waals surface area contributed by atoms with E-state index in [1.165, 1.54) is 17.3 Å². The first-order valence-electron chi connectivity index (χ1n) is 4.21. The second-order valence-electron chi connectivity index (χ2n) is 2.83. The minimum atomic E-state index is 0.482. The maximum absolute atomic E-state index is 8.96. The predicted octanol–water partition coefficient (Wildman–Crippen LogP) is 0.425. The molecular formula is C9H8N6. The Hall–Kier alpha value is -2.39. The summed E-state index contributed by atoms with van der Waals surface area (Å²) < 4.78 is 1.53. The van der Waals surface area contributed by atoms with E-state index in [2.05, 4.69) is 21.6 Å². The summed E-state index contributed by atoms with van der Waals surface area (Å²) in [6.45, 7) is 0. The van der Waals surface area contributed by atoms with Crippen LogP contribution in [0, 0.1) is 11.3 Å². The van der Waals surface area contributed by atoms with Gasteiger partial charge >= 0.3 is 0 Å². The van der Waals surface area contributed by atoms with Crippen molar-refractivity contribution in [3.05, 3.63) is 36.4 Å². The molecule has 6 nitrogen and oxygen atoms in total. The number of nitriles is 1. The number of benzene rings is 1. The molecule has 0 atom stereocenters. The molecule has 6 heteroatoms. The first-order chi connectivity index (χ1) is 7.35. The molecule has 2 aromatic rings. The first-order valence-corrected chi connectivity index (χ1v) is 4.21. The van der Waals surface area contributed by atoms with E-state index >= 15 is 0 Å².